The van der Waals surface area contributed by atoms with Gasteiger partial charge in [-0.2, -0.15) is 5.10 Å². The normalized spacial score (nSPS) is 18.2. The summed E-state index contributed by atoms with van der Waals surface area (Å²) in [5.74, 6) is 0.674. The van der Waals surface area contributed by atoms with Crippen LogP contribution in [0.25, 0.3) is 0 Å². The summed E-state index contributed by atoms with van der Waals surface area (Å²) in [4.78, 5) is 6.65. The molecule has 1 aliphatic heterocycles. The van der Waals surface area contributed by atoms with Gasteiger partial charge in [-0.3, -0.25) is 4.68 Å². The van der Waals surface area contributed by atoms with Crippen molar-refractivity contribution in [3.05, 3.63) is 18.0 Å². The SMILES string of the molecule is Cn1nccc1CN=C(N)N1CCCCCC1. The van der Waals surface area contributed by atoms with Gasteiger partial charge < -0.3 is 10.6 Å². The topological polar surface area (TPSA) is 59.4 Å². The molecule has 1 aromatic heterocycles. The lowest BCUT2D eigenvalue weighted by atomic mass is 10.2. The van der Waals surface area contributed by atoms with Gasteiger partial charge in [-0.25, -0.2) is 4.99 Å². The number of nitrogens with two attached hydrogens (primary N) is 1. The average Bonchev–Trinajstić information content (AvgIpc) is 2.58. The molecule has 0 aromatic carbocycles. The van der Waals surface area contributed by atoms with Crippen LogP contribution in [0.5, 0.6) is 0 Å². The molecule has 0 radical (unpaired) electrons. The Bertz CT molecular complexity index is 374. The van der Waals surface area contributed by atoms with Gasteiger partial charge in [0.25, 0.3) is 0 Å². The van der Waals surface area contributed by atoms with E-state index in [0.717, 1.165) is 18.8 Å². The van der Waals surface area contributed by atoms with Gasteiger partial charge >= 0.3 is 0 Å². The van der Waals surface area contributed by atoms with E-state index in [4.69, 9.17) is 5.73 Å². The van der Waals surface area contributed by atoms with Gasteiger partial charge in [0.1, 0.15) is 0 Å². The quantitative estimate of drug-likeness (QED) is 0.617. The van der Waals surface area contributed by atoms with Crippen molar-refractivity contribution in [3.63, 3.8) is 0 Å². The molecule has 0 aliphatic carbocycles. The maximum Gasteiger partial charge on any atom is 0.191 e. The Hall–Kier alpha value is -1.52. The zero-order valence-electron chi connectivity index (χ0n) is 10.5. The Morgan fingerprint density at radius 3 is 2.65 bits per heavy atom. The van der Waals surface area contributed by atoms with E-state index < -0.39 is 0 Å². The van der Waals surface area contributed by atoms with Crippen LogP contribution in [0, 0.1) is 0 Å². The van der Waals surface area contributed by atoms with Crippen LogP contribution in [-0.4, -0.2) is 33.7 Å². The van der Waals surface area contributed by atoms with Crippen LogP contribution in [0.2, 0.25) is 0 Å². The van der Waals surface area contributed by atoms with E-state index in [1.807, 2.05) is 17.8 Å². The maximum absolute atomic E-state index is 6.03. The minimum absolute atomic E-state index is 0.610. The molecule has 0 unspecified atom stereocenters. The van der Waals surface area contributed by atoms with Gasteiger partial charge in [0, 0.05) is 26.3 Å². The predicted molar refractivity (Wildman–Crippen MR) is 68.6 cm³/mol. The van der Waals surface area contributed by atoms with Crippen LogP contribution < -0.4 is 5.73 Å². The summed E-state index contributed by atoms with van der Waals surface area (Å²) in [5.41, 5.74) is 7.12. The Morgan fingerprint density at radius 2 is 2.06 bits per heavy atom. The van der Waals surface area contributed by atoms with Crippen molar-refractivity contribution in [1.82, 2.24) is 14.7 Å². The average molecular weight is 235 g/mol. The number of nitrogens with zero attached hydrogens (tertiary/aromatic N) is 4. The molecule has 0 bridgehead atoms. The van der Waals surface area contributed by atoms with Crippen molar-refractivity contribution in [2.24, 2.45) is 17.8 Å². The van der Waals surface area contributed by atoms with Crippen LogP contribution >= 0.6 is 0 Å². The first-order valence-corrected chi connectivity index (χ1v) is 6.29. The minimum Gasteiger partial charge on any atom is -0.370 e. The number of hydrogen-bond donors (Lipinski definition) is 1. The second-order valence-electron chi connectivity index (χ2n) is 4.52. The molecule has 94 valence electrons. The fourth-order valence-corrected chi connectivity index (χ4v) is 2.12. The van der Waals surface area contributed by atoms with Crippen molar-refractivity contribution in [3.8, 4) is 0 Å². The first-order valence-electron chi connectivity index (χ1n) is 6.29. The lowest BCUT2D eigenvalue weighted by molar-refractivity contribution is 0.428. The summed E-state index contributed by atoms with van der Waals surface area (Å²) < 4.78 is 1.83. The van der Waals surface area contributed by atoms with E-state index in [1.165, 1.54) is 25.7 Å². The maximum atomic E-state index is 6.03. The van der Waals surface area contributed by atoms with Crippen molar-refractivity contribution >= 4 is 5.96 Å². The molecule has 0 spiro atoms. The summed E-state index contributed by atoms with van der Waals surface area (Å²) in [6.45, 7) is 2.69. The summed E-state index contributed by atoms with van der Waals surface area (Å²) in [5, 5.41) is 4.12. The van der Waals surface area contributed by atoms with Gasteiger partial charge in [-0.1, -0.05) is 12.8 Å². The third-order valence-corrected chi connectivity index (χ3v) is 3.26. The number of aromatic nitrogens is 2. The number of likely N-dealkylation sites (tertiary alicyclic amines) is 1. The van der Waals surface area contributed by atoms with E-state index in [1.54, 1.807) is 6.20 Å². The van der Waals surface area contributed by atoms with Crippen molar-refractivity contribution in [2.75, 3.05) is 13.1 Å². The van der Waals surface area contributed by atoms with Gasteiger partial charge in [-0.15, -0.1) is 0 Å². The molecular weight excluding hydrogens is 214 g/mol. The number of rotatable bonds is 2. The minimum atomic E-state index is 0.610. The highest BCUT2D eigenvalue weighted by Gasteiger charge is 2.10. The van der Waals surface area contributed by atoms with Gasteiger partial charge in [-0.05, 0) is 18.9 Å². The first kappa shape index (κ1) is 12.0. The Balaban J connectivity index is 1.94. The third-order valence-electron chi connectivity index (χ3n) is 3.26. The van der Waals surface area contributed by atoms with Crippen molar-refractivity contribution in [2.45, 2.75) is 32.2 Å². The Kier molecular flexibility index (Phi) is 4.01. The van der Waals surface area contributed by atoms with Gasteiger partial charge in [0.15, 0.2) is 5.96 Å². The van der Waals surface area contributed by atoms with Gasteiger partial charge in [0.05, 0.1) is 12.2 Å². The van der Waals surface area contributed by atoms with Crippen LogP contribution in [0.1, 0.15) is 31.4 Å². The molecule has 1 aliphatic rings. The van der Waals surface area contributed by atoms with E-state index in [-0.39, 0.29) is 0 Å². The Labute approximate surface area is 102 Å². The van der Waals surface area contributed by atoms with E-state index in [0.29, 0.717) is 12.5 Å². The summed E-state index contributed by atoms with van der Waals surface area (Å²) >= 11 is 0. The van der Waals surface area contributed by atoms with Gasteiger partial charge in [0.2, 0.25) is 0 Å². The summed E-state index contributed by atoms with van der Waals surface area (Å²) in [7, 11) is 1.92. The van der Waals surface area contributed by atoms with Crippen molar-refractivity contribution < 1.29 is 0 Å². The second-order valence-corrected chi connectivity index (χ2v) is 4.52. The van der Waals surface area contributed by atoms with E-state index >= 15 is 0 Å². The molecule has 1 aromatic rings. The molecule has 2 rings (SSSR count). The standard InChI is InChI=1S/C12H21N5/c1-16-11(6-7-15-16)10-14-12(13)17-8-4-2-3-5-9-17/h6-7H,2-5,8-10H2,1H3,(H2,13,14). The largest absolute Gasteiger partial charge is 0.370 e. The van der Waals surface area contributed by atoms with Crippen molar-refractivity contribution in [1.29, 1.82) is 0 Å². The highest BCUT2D eigenvalue weighted by atomic mass is 15.3. The smallest absolute Gasteiger partial charge is 0.191 e. The monoisotopic (exact) mass is 235 g/mol. The highest BCUT2D eigenvalue weighted by Crippen LogP contribution is 2.09. The van der Waals surface area contributed by atoms with Crippen LogP contribution in [0.4, 0.5) is 0 Å². The van der Waals surface area contributed by atoms with Crippen LogP contribution in [-0.2, 0) is 13.6 Å². The molecule has 1 fully saturated rings. The molecule has 5 nitrogen and oxygen atoms in total. The molecule has 17 heavy (non-hydrogen) atoms. The number of guanidine groups is 1. The Morgan fingerprint density at radius 1 is 1.35 bits per heavy atom. The summed E-state index contributed by atoms with van der Waals surface area (Å²) in [6, 6.07) is 1.97. The molecule has 0 amide bonds. The fourth-order valence-electron chi connectivity index (χ4n) is 2.12. The highest BCUT2D eigenvalue weighted by molar-refractivity contribution is 5.78. The lowest BCUT2D eigenvalue weighted by Gasteiger charge is -2.21. The number of aliphatic imine (C=N–C) groups is 1. The van der Waals surface area contributed by atoms with Crippen LogP contribution in [0.3, 0.4) is 0 Å². The molecule has 0 atom stereocenters. The van der Waals surface area contributed by atoms with Crippen LogP contribution in [0.15, 0.2) is 17.3 Å². The van der Waals surface area contributed by atoms with E-state index in [9.17, 15) is 0 Å². The summed E-state index contributed by atoms with van der Waals surface area (Å²) in [6.07, 6.45) is 6.86. The molecular formula is C12H21N5. The number of hydrogen-bond acceptors (Lipinski definition) is 2. The molecule has 5 heteroatoms. The molecule has 0 saturated carbocycles. The van der Waals surface area contributed by atoms with E-state index in [2.05, 4.69) is 15.0 Å². The lowest BCUT2D eigenvalue weighted by Crippen LogP contribution is -2.38. The third kappa shape index (κ3) is 3.22. The fraction of sp³-hybridized carbons (Fsp3) is 0.667. The first-order chi connectivity index (χ1) is 8.27. The molecule has 2 heterocycles. The zero-order valence-corrected chi connectivity index (χ0v) is 10.5. The number of aryl methyl sites for hydroxylation is 1. The zero-order chi connectivity index (χ0) is 12.1. The molecule has 1 saturated heterocycles. The second kappa shape index (κ2) is 5.70. The predicted octanol–water partition coefficient (Wildman–Crippen LogP) is 1.11. The molecule has 2 N–H and O–H groups in total.